The van der Waals surface area contributed by atoms with Crippen molar-refractivity contribution in [2.24, 2.45) is 0 Å². The minimum absolute atomic E-state index is 0.299. The molecule has 0 radical (unpaired) electrons. The zero-order chi connectivity index (χ0) is 14.7. The van der Waals surface area contributed by atoms with Gasteiger partial charge < -0.3 is 9.57 Å². The Bertz CT molecular complexity index is 689. The van der Waals surface area contributed by atoms with E-state index < -0.39 is 5.97 Å². The van der Waals surface area contributed by atoms with Gasteiger partial charge in [-0.15, -0.1) is 4.73 Å². The van der Waals surface area contributed by atoms with E-state index in [1.165, 1.54) is 20.3 Å². The van der Waals surface area contributed by atoms with E-state index >= 15 is 0 Å². The Morgan fingerprint density at radius 1 is 1.15 bits per heavy atom. The molecule has 0 aliphatic rings. The van der Waals surface area contributed by atoms with Gasteiger partial charge in [-0.1, -0.05) is 30.3 Å². The van der Waals surface area contributed by atoms with Gasteiger partial charge in [0.25, 0.3) is 5.56 Å². The standard InChI is InChI=1S/C15H15NO4/c1-10-12(15(18)19-2)9-13(14(17)16(10)20-3)11-7-5-4-6-8-11/h4-9H,1-3H3. The molecule has 20 heavy (non-hydrogen) atoms. The summed E-state index contributed by atoms with van der Waals surface area (Å²) in [4.78, 5) is 29.2. The first-order valence-electron chi connectivity index (χ1n) is 6.05. The number of pyridine rings is 1. The van der Waals surface area contributed by atoms with Gasteiger partial charge in [-0.2, -0.15) is 0 Å². The highest BCUT2D eigenvalue weighted by molar-refractivity contribution is 5.92. The van der Waals surface area contributed by atoms with Crippen molar-refractivity contribution in [3.63, 3.8) is 0 Å². The molecule has 0 amide bonds. The zero-order valence-electron chi connectivity index (χ0n) is 11.5. The lowest BCUT2D eigenvalue weighted by Gasteiger charge is -2.13. The average molecular weight is 273 g/mol. The number of nitrogens with zero attached hydrogens (tertiary/aromatic N) is 1. The Morgan fingerprint density at radius 2 is 1.80 bits per heavy atom. The van der Waals surface area contributed by atoms with E-state index in [1.54, 1.807) is 19.1 Å². The van der Waals surface area contributed by atoms with Gasteiger partial charge in [0.15, 0.2) is 0 Å². The van der Waals surface area contributed by atoms with Gasteiger partial charge in [0.2, 0.25) is 0 Å². The van der Waals surface area contributed by atoms with Crippen molar-refractivity contribution in [1.82, 2.24) is 4.73 Å². The lowest BCUT2D eigenvalue weighted by atomic mass is 10.0. The van der Waals surface area contributed by atoms with E-state index in [1.807, 2.05) is 18.2 Å². The molecule has 0 bridgehead atoms. The second-order valence-electron chi connectivity index (χ2n) is 4.20. The Balaban J connectivity index is 2.76. The maximum absolute atomic E-state index is 12.4. The maximum atomic E-state index is 12.4. The number of methoxy groups -OCH3 is 1. The van der Waals surface area contributed by atoms with Crippen LogP contribution in [0.1, 0.15) is 16.1 Å². The van der Waals surface area contributed by atoms with Crippen LogP contribution in [0.4, 0.5) is 0 Å². The molecular formula is C15H15NO4. The highest BCUT2D eigenvalue weighted by Crippen LogP contribution is 2.18. The second-order valence-corrected chi connectivity index (χ2v) is 4.20. The molecule has 104 valence electrons. The largest absolute Gasteiger partial charge is 0.465 e. The summed E-state index contributed by atoms with van der Waals surface area (Å²) in [6, 6.07) is 10.6. The minimum Gasteiger partial charge on any atom is -0.465 e. The van der Waals surface area contributed by atoms with Crippen LogP contribution < -0.4 is 10.4 Å². The first-order chi connectivity index (χ1) is 9.60. The quantitative estimate of drug-likeness (QED) is 0.798. The lowest BCUT2D eigenvalue weighted by molar-refractivity contribution is 0.0592. The topological polar surface area (TPSA) is 57.5 Å². The predicted molar refractivity (Wildman–Crippen MR) is 74.7 cm³/mol. The normalized spacial score (nSPS) is 10.2. The van der Waals surface area contributed by atoms with Gasteiger partial charge in [-0.25, -0.2) is 4.79 Å². The molecule has 1 aromatic carbocycles. The van der Waals surface area contributed by atoms with Crippen LogP contribution in [0.3, 0.4) is 0 Å². The molecule has 2 aromatic rings. The minimum atomic E-state index is -0.509. The van der Waals surface area contributed by atoms with Gasteiger partial charge in [-0.3, -0.25) is 4.79 Å². The van der Waals surface area contributed by atoms with Crippen LogP contribution in [-0.4, -0.2) is 24.9 Å². The molecule has 0 atom stereocenters. The fourth-order valence-corrected chi connectivity index (χ4v) is 2.04. The molecule has 5 heteroatoms. The maximum Gasteiger partial charge on any atom is 0.339 e. The van der Waals surface area contributed by atoms with Crippen LogP contribution in [0.2, 0.25) is 0 Å². The third-order valence-corrected chi connectivity index (χ3v) is 3.07. The summed E-state index contributed by atoms with van der Waals surface area (Å²) < 4.78 is 5.83. The molecule has 0 saturated carbocycles. The van der Waals surface area contributed by atoms with Gasteiger partial charge in [0.05, 0.1) is 23.9 Å². The smallest absolute Gasteiger partial charge is 0.339 e. The fourth-order valence-electron chi connectivity index (χ4n) is 2.04. The number of ether oxygens (including phenoxy) is 1. The van der Waals surface area contributed by atoms with Crippen molar-refractivity contribution in [3.05, 3.63) is 58.0 Å². The molecule has 0 saturated heterocycles. The summed E-state index contributed by atoms with van der Waals surface area (Å²) >= 11 is 0. The number of esters is 1. The molecule has 0 aliphatic carbocycles. The van der Waals surface area contributed by atoms with Crippen molar-refractivity contribution in [2.45, 2.75) is 6.92 Å². The van der Waals surface area contributed by atoms with Crippen LogP contribution >= 0.6 is 0 Å². The van der Waals surface area contributed by atoms with Crippen molar-refractivity contribution in [1.29, 1.82) is 0 Å². The van der Waals surface area contributed by atoms with Gasteiger partial charge in [-0.05, 0) is 18.6 Å². The van der Waals surface area contributed by atoms with Crippen LogP contribution in [0, 0.1) is 6.92 Å². The highest BCUT2D eigenvalue weighted by atomic mass is 16.6. The van der Waals surface area contributed by atoms with Crippen LogP contribution in [0.15, 0.2) is 41.2 Å². The van der Waals surface area contributed by atoms with E-state index in [9.17, 15) is 9.59 Å². The van der Waals surface area contributed by atoms with Crippen molar-refractivity contribution in [2.75, 3.05) is 14.2 Å². The Kier molecular flexibility index (Phi) is 3.89. The average Bonchev–Trinajstić information content (AvgIpc) is 2.48. The van der Waals surface area contributed by atoms with Crippen LogP contribution in [0.25, 0.3) is 11.1 Å². The fraction of sp³-hybridized carbons (Fsp3) is 0.200. The Hall–Kier alpha value is -2.56. The number of carbonyl (C=O) groups excluding carboxylic acids is 1. The third-order valence-electron chi connectivity index (χ3n) is 3.07. The van der Waals surface area contributed by atoms with Crippen LogP contribution in [0.5, 0.6) is 0 Å². The van der Waals surface area contributed by atoms with Crippen molar-refractivity contribution < 1.29 is 14.4 Å². The monoisotopic (exact) mass is 273 g/mol. The molecule has 0 N–H and O–H groups in total. The first kappa shape index (κ1) is 13.9. The molecule has 0 aliphatic heterocycles. The summed E-state index contributed by atoms with van der Waals surface area (Å²) in [6.45, 7) is 1.63. The van der Waals surface area contributed by atoms with E-state index in [0.29, 0.717) is 22.4 Å². The summed E-state index contributed by atoms with van der Waals surface area (Å²) in [5.74, 6) is -0.509. The van der Waals surface area contributed by atoms with E-state index in [0.717, 1.165) is 4.73 Å². The molecular weight excluding hydrogens is 258 g/mol. The van der Waals surface area contributed by atoms with E-state index in [4.69, 9.17) is 9.57 Å². The number of benzene rings is 1. The number of hydrogen-bond acceptors (Lipinski definition) is 4. The lowest BCUT2D eigenvalue weighted by Crippen LogP contribution is -2.30. The van der Waals surface area contributed by atoms with Gasteiger partial charge in [0.1, 0.15) is 7.11 Å². The zero-order valence-corrected chi connectivity index (χ0v) is 11.5. The van der Waals surface area contributed by atoms with Gasteiger partial charge in [0, 0.05) is 0 Å². The molecule has 1 aromatic heterocycles. The predicted octanol–water partition coefficient (Wildman–Crippen LogP) is 1.67. The molecule has 0 unspecified atom stereocenters. The Labute approximate surface area is 116 Å². The van der Waals surface area contributed by atoms with E-state index in [-0.39, 0.29) is 5.56 Å². The van der Waals surface area contributed by atoms with Crippen molar-refractivity contribution >= 4 is 5.97 Å². The number of hydrogen-bond donors (Lipinski definition) is 0. The second kappa shape index (κ2) is 5.61. The Morgan fingerprint density at radius 3 is 2.35 bits per heavy atom. The number of rotatable bonds is 3. The third kappa shape index (κ3) is 2.30. The SMILES string of the molecule is COC(=O)c1cc(-c2ccccc2)c(=O)n(OC)c1C. The van der Waals surface area contributed by atoms with Crippen molar-refractivity contribution in [3.8, 4) is 11.1 Å². The molecule has 1 heterocycles. The first-order valence-corrected chi connectivity index (χ1v) is 6.05. The molecule has 2 rings (SSSR count). The summed E-state index contributed by atoms with van der Waals surface area (Å²) in [5.41, 5.74) is 1.49. The van der Waals surface area contributed by atoms with Crippen LogP contribution in [-0.2, 0) is 4.74 Å². The molecule has 0 fully saturated rings. The number of aromatic nitrogens is 1. The van der Waals surface area contributed by atoms with E-state index in [2.05, 4.69) is 0 Å². The van der Waals surface area contributed by atoms with Gasteiger partial charge >= 0.3 is 5.97 Å². The summed E-state index contributed by atoms with van der Waals surface area (Å²) in [5, 5.41) is 0. The summed E-state index contributed by atoms with van der Waals surface area (Å²) in [7, 11) is 2.68. The molecule has 5 nitrogen and oxygen atoms in total. The summed E-state index contributed by atoms with van der Waals surface area (Å²) in [6.07, 6.45) is 0. The number of carbonyl (C=O) groups is 1. The molecule has 0 spiro atoms. The highest BCUT2D eigenvalue weighted by Gasteiger charge is 2.18.